The summed E-state index contributed by atoms with van der Waals surface area (Å²) in [7, 11) is 0. The number of nitrogens with zero attached hydrogens (tertiary/aromatic N) is 2. The normalized spacial score (nSPS) is 10.8. The van der Waals surface area contributed by atoms with Crippen molar-refractivity contribution in [2.24, 2.45) is 0 Å². The van der Waals surface area contributed by atoms with Crippen molar-refractivity contribution in [3.8, 4) is 22.8 Å². The Kier molecular flexibility index (Phi) is 4.28. The minimum absolute atomic E-state index is 0.151. The molecular weight excluding hydrogens is 358 g/mol. The van der Waals surface area contributed by atoms with Gasteiger partial charge in [-0.05, 0) is 36.4 Å². The lowest BCUT2D eigenvalue weighted by atomic mass is 10.1. The van der Waals surface area contributed by atoms with Gasteiger partial charge in [-0.3, -0.25) is 4.79 Å². The summed E-state index contributed by atoms with van der Waals surface area (Å²) in [6.07, 6.45) is 1.51. The summed E-state index contributed by atoms with van der Waals surface area (Å²) in [5.41, 5.74) is 1.58. The highest BCUT2D eigenvalue weighted by molar-refractivity contribution is 6.30. The molecule has 0 aliphatic rings. The maximum absolute atomic E-state index is 12.2. The number of carbonyl (C=O) groups excluding carboxylic acids is 1. The molecular formula is C18H12ClN3O4. The van der Waals surface area contributed by atoms with Crippen LogP contribution in [0, 0.1) is 0 Å². The number of rotatable bonds is 5. The molecule has 4 rings (SSSR count). The zero-order valence-corrected chi connectivity index (χ0v) is 14.1. The highest BCUT2D eigenvalue weighted by atomic mass is 35.5. The van der Waals surface area contributed by atoms with E-state index in [4.69, 9.17) is 25.1 Å². The number of carbonyl (C=O) groups is 1. The molecule has 7 nitrogen and oxygen atoms in total. The molecule has 4 aromatic rings. The van der Waals surface area contributed by atoms with Crippen molar-refractivity contribution in [2.75, 3.05) is 0 Å². The van der Waals surface area contributed by atoms with Crippen LogP contribution >= 0.6 is 11.6 Å². The molecule has 3 heterocycles. The minimum atomic E-state index is -0.386. The Morgan fingerprint density at radius 3 is 2.58 bits per heavy atom. The first-order valence-corrected chi connectivity index (χ1v) is 8.07. The molecule has 0 bridgehead atoms. The lowest BCUT2D eigenvalue weighted by Crippen LogP contribution is -2.23. The summed E-state index contributed by atoms with van der Waals surface area (Å²) in [4.78, 5) is 12.2. The molecule has 0 saturated heterocycles. The van der Waals surface area contributed by atoms with E-state index in [1.807, 2.05) is 12.1 Å². The molecule has 26 heavy (non-hydrogen) atoms. The monoisotopic (exact) mass is 369 g/mol. The third kappa shape index (κ3) is 3.38. The zero-order valence-electron chi connectivity index (χ0n) is 13.3. The molecule has 0 atom stereocenters. The van der Waals surface area contributed by atoms with Gasteiger partial charge in [0, 0.05) is 22.7 Å². The van der Waals surface area contributed by atoms with Gasteiger partial charge in [0.15, 0.2) is 17.2 Å². The van der Waals surface area contributed by atoms with E-state index in [0.29, 0.717) is 28.0 Å². The minimum Gasteiger partial charge on any atom is -0.461 e. The fraction of sp³-hybridized carbons (Fsp3) is 0.0556. The fourth-order valence-corrected chi connectivity index (χ4v) is 2.45. The van der Waals surface area contributed by atoms with E-state index in [1.165, 1.54) is 12.3 Å². The number of amides is 1. The van der Waals surface area contributed by atoms with E-state index >= 15 is 0 Å². The van der Waals surface area contributed by atoms with Gasteiger partial charge >= 0.3 is 0 Å². The van der Waals surface area contributed by atoms with Crippen LogP contribution in [0.25, 0.3) is 22.8 Å². The highest BCUT2D eigenvalue weighted by Crippen LogP contribution is 2.23. The second-order valence-corrected chi connectivity index (χ2v) is 5.86. The Bertz CT molecular complexity index is 1020. The number of halogens is 1. The number of hydrogen-bond donors (Lipinski definition) is 1. The number of nitrogens with one attached hydrogen (secondary N) is 1. The quantitative estimate of drug-likeness (QED) is 0.567. The standard InChI is InChI=1S/C18H12ClN3O4/c19-12-5-3-11(4-6-12)16-8-13(21-25-16)10-20-18(23)14-9-17(26-22-14)15-2-1-7-24-15/h1-9H,10H2,(H,20,23). The van der Waals surface area contributed by atoms with Gasteiger partial charge in [-0.1, -0.05) is 21.9 Å². The van der Waals surface area contributed by atoms with Gasteiger partial charge in [0.05, 0.1) is 12.8 Å². The number of benzene rings is 1. The van der Waals surface area contributed by atoms with E-state index in [2.05, 4.69) is 15.6 Å². The Labute approximate surface area is 152 Å². The van der Waals surface area contributed by atoms with Gasteiger partial charge in [0.25, 0.3) is 5.91 Å². The molecule has 0 fully saturated rings. The van der Waals surface area contributed by atoms with Crippen LogP contribution in [0.3, 0.4) is 0 Å². The van der Waals surface area contributed by atoms with Crippen LogP contribution in [0.15, 0.2) is 68.3 Å². The average molecular weight is 370 g/mol. The van der Waals surface area contributed by atoms with Crippen LogP contribution in [0.4, 0.5) is 0 Å². The summed E-state index contributed by atoms with van der Waals surface area (Å²) in [6, 6.07) is 13.9. The second kappa shape index (κ2) is 6.89. The van der Waals surface area contributed by atoms with Crippen molar-refractivity contribution in [3.05, 3.63) is 71.2 Å². The van der Waals surface area contributed by atoms with Gasteiger partial charge in [0.2, 0.25) is 5.76 Å². The Morgan fingerprint density at radius 2 is 1.81 bits per heavy atom. The third-order valence-electron chi connectivity index (χ3n) is 3.62. The van der Waals surface area contributed by atoms with Crippen molar-refractivity contribution in [1.82, 2.24) is 15.6 Å². The summed E-state index contributed by atoms with van der Waals surface area (Å²) in [6.45, 7) is 0.193. The van der Waals surface area contributed by atoms with Gasteiger partial charge in [-0.25, -0.2) is 0 Å². The van der Waals surface area contributed by atoms with Crippen LogP contribution in [0.2, 0.25) is 5.02 Å². The van der Waals surface area contributed by atoms with Crippen LogP contribution in [0.1, 0.15) is 16.2 Å². The van der Waals surface area contributed by atoms with E-state index in [9.17, 15) is 4.79 Å². The molecule has 8 heteroatoms. The number of aromatic nitrogens is 2. The summed E-state index contributed by atoms with van der Waals surface area (Å²) in [5, 5.41) is 11.0. The maximum atomic E-state index is 12.2. The van der Waals surface area contributed by atoms with E-state index in [-0.39, 0.29) is 18.1 Å². The van der Waals surface area contributed by atoms with E-state index < -0.39 is 0 Å². The zero-order chi connectivity index (χ0) is 17.9. The molecule has 1 aromatic carbocycles. The smallest absolute Gasteiger partial charge is 0.273 e. The third-order valence-corrected chi connectivity index (χ3v) is 3.88. The molecule has 0 aliphatic carbocycles. The Hall–Kier alpha value is -3.32. The SMILES string of the molecule is O=C(NCc1cc(-c2ccc(Cl)cc2)on1)c1cc(-c2ccco2)on1. The maximum Gasteiger partial charge on any atom is 0.273 e. The second-order valence-electron chi connectivity index (χ2n) is 5.43. The Balaban J connectivity index is 1.40. The predicted molar refractivity (Wildman–Crippen MR) is 92.3 cm³/mol. The van der Waals surface area contributed by atoms with E-state index in [0.717, 1.165) is 5.56 Å². The lowest BCUT2D eigenvalue weighted by Gasteiger charge is -1.98. The van der Waals surface area contributed by atoms with E-state index in [1.54, 1.807) is 30.3 Å². The molecule has 3 aromatic heterocycles. The van der Waals surface area contributed by atoms with Crippen molar-refractivity contribution in [1.29, 1.82) is 0 Å². The molecule has 1 amide bonds. The van der Waals surface area contributed by atoms with Gasteiger partial charge in [-0.15, -0.1) is 0 Å². The molecule has 0 saturated carbocycles. The van der Waals surface area contributed by atoms with Crippen LogP contribution in [-0.2, 0) is 6.54 Å². The lowest BCUT2D eigenvalue weighted by molar-refractivity contribution is 0.0941. The predicted octanol–water partition coefficient (Wildman–Crippen LogP) is 4.17. The largest absolute Gasteiger partial charge is 0.461 e. The highest BCUT2D eigenvalue weighted by Gasteiger charge is 2.15. The average Bonchev–Trinajstić information content (AvgIpc) is 3.41. The van der Waals surface area contributed by atoms with Crippen LogP contribution < -0.4 is 5.32 Å². The number of hydrogen-bond acceptors (Lipinski definition) is 6. The van der Waals surface area contributed by atoms with Gasteiger partial charge < -0.3 is 18.8 Å². The summed E-state index contributed by atoms with van der Waals surface area (Å²) < 4.78 is 15.6. The topological polar surface area (TPSA) is 94.3 Å². The van der Waals surface area contributed by atoms with Gasteiger partial charge in [0.1, 0.15) is 5.69 Å². The molecule has 0 radical (unpaired) electrons. The molecule has 0 spiro atoms. The van der Waals surface area contributed by atoms with Crippen molar-refractivity contribution >= 4 is 17.5 Å². The van der Waals surface area contributed by atoms with Gasteiger partial charge in [-0.2, -0.15) is 0 Å². The Morgan fingerprint density at radius 1 is 1.00 bits per heavy atom. The first-order chi connectivity index (χ1) is 12.7. The molecule has 0 aliphatic heterocycles. The summed E-state index contributed by atoms with van der Waals surface area (Å²) >= 11 is 5.87. The van der Waals surface area contributed by atoms with Crippen LogP contribution in [-0.4, -0.2) is 16.2 Å². The molecule has 0 unspecified atom stereocenters. The van der Waals surface area contributed by atoms with Crippen LogP contribution in [0.5, 0.6) is 0 Å². The first-order valence-electron chi connectivity index (χ1n) is 7.69. The first kappa shape index (κ1) is 16.2. The molecule has 1 N–H and O–H groups in total. The molecule has 130 valence electrons. The summed E-state index contributed by atoms with van der Waals surface area (Å²) in [5.74, 6) is 1.09. The number of furan rings is 1. The fourth-order valence-electron chi connectivity index (χ4n) is 2.32. The van der Waals surface area contributed by atoms with Crippen molar-refractivity contribution < 1.29 is 18.3 Å². The van der Waals surface area contributed by atoms with Crippen molar-refractivity contribution in [3.63, 3.8) is 0 Å². The van der Waals surface area contributed by atoms with Crippen molar-refractivity contribution in [2.45, 2.75) is 6.54 Å².